The van der Waals surface area contributed by atoms with Crippen LogP contribution in [0.5, 0.6) is 0 Å². The van der Waals surface area contributed by atoms with Crippen LogP contribution in [0, 0.1) is 40.4 Å². The van der Waals surface area contributed by atoms with E-state index in [-0.39, 0.29) is 0 Å². The molecule has 1 aromatic rings. The fraction of sp³-hybridized carbons (Fsp3) is 0.741. The number of carbonyl (C=O) groups is 1. The molecule has 0 radical (unpaired) electrons. The minimum atomic E-state index is 0.332. The van der Waals surface area contributed by atoms with E-state index < -0.39 is 0 Å². The Labute approximate surface area is 177 Å². The van der Waals surface area contributed by atoms with E-state index in [0.717, 1.165) is 42.4 Å². The van der Waals surface area contributed by atoms with Crippen LogP contribution in [0.4, 0.5) is 0 Å². The first kappa shape index (κ1) is 19.6. The van der Waals surface area contributed by atoms with Crippen molar-refractivity contribution in [2.75, 3.05) is 7.05 Å². The Bertz CT molecular complexity index is 774. The highest BCUT2D eigenvalue weighted by Crippen LogP contribution is 2.66. The SMILES string of the molecule is CC1CC2N(C)C(=O)CC[C@]2(C)[C@@H]2CC[C@]3(C)CC(Cc4ccccc4)C[C@H]3[C@H]12. The molecule has 4 aliphatic rings. The molecule has 3 unspecified atom stereocenters. The third-order valence-corrected chi connectivity index (χ3v) is 10.2. The van der Waals surface area contributed by atoms with E-state index in [1.807, 2.05) is 0 Å². The van der Waals surface area contributed by atoms with Crippen LogP contribution in [-0.4, -0.2) is 23.9 Å². The number of rotatable bonds is 2. The van der Waals surface area contributed by atoms with Gasteiger partial charge in [0.05, 0.1) is 0 Å². The summed E-state index contributed by atoms with van der Waals surface area (Å²) in [5.41, 5.74) is 2.39. The fourth-order valence-corrected chi connectivity index (χ4v) is 8.78. The zero-order valence-corrected chi connectivity index (χ0v) is 18.9. The van der Waals surface area contributed by atoms with Crippen LogP contribution in [0.25, 0.3) is 0 Å². The van der Waals surface area contributed by atoms with E-state index in [1.165, 1.54) is 44.1 Å². The Hall–Kier alpha value is -1.31. The smallest absolute Gasteiger partial charge is 0.222 e. The quantitative estimate of drug-likeness (QED) is 0.607. The van der Waals surface area contributed by atoms with Gasteiger partial charge in [0.1, 0.15) is 0 Å². The maximum absolute atomic E-state index is 12.4. The van der Waals surface area contributed by atoms with Crippen LogP contribution >= 0.6 is 0 Å². The van der Waals surface area contributed by atoms with Crippen molar-refractivity contribution in [3.63, 3.8) is 0 Å². The van der Waals surface area contributed by atoms with Gasteiger partial charge < -0.3 is 4.90 Å². The molecule has 0 bridgehead atoms. The Morgan fingerprint density at radius 2 is 1.83 bits per heavy atom. The molecule has 3 aliphatic carbocycles. The molecule has 2 nitrogen and oxygen atoms in total. The van der Waals surface area contributed by atoms with Crippen LogP contribution in [0.3, 0.4) is 0 Å². The predicted octanol–water partition coefficient (Wildman–Crippen LogP) is 5.95. The summed E-state index contributed by atoms with van der Waals surface area (Å²) >= 11 is 0. The van der Waals surface area contributed by atoms with Crippen LogP contribution < -0.4 is 0 Å². The first-order chi connectivity index (χ1) is 13.8. The maximum Gasteiger partial charge on any atom is 0.222 e. The van der Waals surface area contributed by atoms with Crippen LogP contribution in [-0.2, 0) is 11.2 Å². The zero-order chi connectivity index (χ0) is 20.4. The summed E-state index contributed by atoms with van der Waals surface area (Å²) in [5, 5.41) is 0. The standard InChI is InChI=1S/C27H39NO/c1-18-14-23-27(3,13-11-24(29)28(23)4)21-10-12-26(2)17-20(16-22(26)25(18)21)15-19-8-6-5-7-9-19/h5-9,18,20-23,25H,10-17H2,1-4H3/t18?,20?,21-,22+,23?,25-,26-,27-/m1/s1. The first-order valence-electron chi connectivity index (χ1n) is 12.1. The number of hydrogen-bond acceptors (Lipinski definition) is 1. The van der Waals surface area contributed by atoms with Crippen molar-refractivity contribution in [2.24, 2.45) is 40.4 Å². The molecule has 29 heavy (non-hydrogen) atoms. The predicted molar refractivity (Wildman–Crippen MR) is 118 cm³/mol. The number of nitrogens with zero attached hydrogens (tertiary/aromatic N) is 1. The number of benzene rings is 1. The number of fused-ring (bicyclic) bond motifs is 5. The van der Waals surface area contributed by atoms with Gasteiger partial charge in [0.2, 0.25) is 5.91 Å². The average molecular weight is 394 g/mol. The average Bonchev–Trinajstić information content (AvgIpc) is 3.03. The van der Waals surface area contributed by atoms with Crippen molar-refractivity contribution in [3.8, 4) is 0 Å². The zero-order valence-electron chi connectivity index (χ0n) is 18.9. The largest absolute Gasteiger partial charge is 0.342 e. The summed E-state index contributed by atoms with van der Waals surface area (Å²) in [6.07, 6.45) is 9.98. The van der Waals surface area contributed by atoms with Gasteiger partial charge >= 0.3 is 0 Å². The second kappa shape index (κ2) is 6.86. The Morgan fingerprint density at radius 3 is 2.59 bits per heavy atom. The third-order valence-electron chi connectivity index (χ3n) is 10.2. The molecule has 0 aromatic heterocycles. The van der Waals surface area contributed by atoms with E-state index in [2.05, 4.69) is 63.1 Å². The molecule has 1 heterocycles. The maximum atomic E-state index is 12.4. The molecule has 0 spiro atoms. The van der Waals surface area contributed by atoms with Gasteiger partial charge in [-0.3, -0.25) is 4.79 Å². The molecule has 158 valence electrons. The minimum Gasteiger partial charge on any atom is -0.342 e. The normalized spacial score (nSPS) is 46.8. The van der Waals surface area contributed by atoms with Crippen LogP contribution in [0.15, 0.2) is 30.3 Å². The Balaban J connectivity index is 1.41. The van der Waals surface area contributed by atoms with Gasteiger partial charge in [-0.05, 0) is 90.9 Å². The van der Waals surface area contributed by atoms with Gasteiger partial charge in [-0.1, -0.05) is 51.1 Å². The number of piperidine rings is 1. The molecule has 5 rings (SSSR count). The lowest BCUT2D eigenvalue weighted by molar-refractivity contribution is -0.164. The van der Waals surface area contributed by atoms with Gasteiger partial charge in [-0.25, -0.2) is 0 Å². The summed E-state index contributed by atoms with van der Waals surface area (Å²) in [7, 11) is 2.08. The topological polar surface area (TPSA) is 20.3 Å². The molecule has 0 N–H and O–H groups in total. The first-order valence-corrected chi connectivity index (χ1v) is 12.1. The second-order valence-electron chi connectivity index (χ2n) is 11.7. The van der Waals surface area contributed by atoms with E-state index in [9.17, 15) is 4.79 Å². The molecule has 1 aliphatic heterocycles. The highest BCUT2D eigenvalue weighted by molar-refractivity contribution is 5.77. The molecule has 3 saturated carbocycles. The molecule has 8 atom stereocenters. The minimum absolute atomic E-state index is 0.332. The monoisotopic (exact) mass is 393 g/mol. The molecule has 1 amide bonds. The lowest BCUT2D eigenvalue weighted by Crippen LogP contribution is -2.62. The van der Waals surface area contributed by atoms with Crippen molar-refractivity contribution in [3.05, 3.63) is 35.9 Å². The van der Waals surface area contributed by atoms with Gasteiger partial charge in [-0.15, -0.1) is 0 Å². The van der Waals surface area contributed by atoms with Crippen molar-refractivity contribution < 1.29 is 4.79 Å². The Kier molecular flexibility index (Phi) is 4.64. The lowest BCUT2D eigenvalue weighted by Gasteiger charge is -2.63. The number of hydrogen-bond donors (Lipinski definition) is 0. The van der Waals surface area contributed by atoms with Gasteiger partial charge in [0.15, 0.2) is 0 Å². The lowest BCUT2D eigenvalue weighted by atomic mass is 9.45. The summed E-state index contributed by atoms with van der Waals surface area (Å²) in [6, 6.07) is 11.6. The highest BCUT2D eigenvalue weighted by atomic mass is 16.2. The van der Waals surface area contributed by atoms with Crippen molar-refractivity contribution in [1.82, 2.24) is 4.90 Å². The number of likely N-dealkylation sites (tertiary alicyclic amines) is 1. The van der Waals surface area contributed by atoms with E-state index >= 15 is 0 Å². The second-order valence-corrected chi connectivity index (χ2v) is 11.7. The summed E-state index contributed by atoms with van der Waals surface area (Å²) in [5.74, 6) is 4.51. The Morgan fingerprint density at radius 1 is 1.07 bits per heavy atom. The van der Waals surface area contributed by atoms with Crippen LogP contribution in [0.2, 0.25) is 0 Å². The molecule has 1 saturated heterocycles. The summed E-state index contributed by atoms with van der Waals surface area (Å²) < 4.78 is 0. The molecule has 1 aromatic carbocycles. The van der Waals surface area contributed by atoms with Crippen molar-refractivity contribution >= 4 is 5.91 Å². The third kappa shape index (κ3) is 3.00. The molecular formula is C27H39NO. The number of amides is 1. The van der Waals surface area contributed by atoms with Crippen LogP contribution in [0.1, 0.15) is 71.3 Å². The molecule has 2 heteroatoms. The van der Waals surface area contributed by atoms with Gasteiger partial charge in [-0.2, -0.15) is 0 Å². The highest BCUT2D eigenvalue weighted by Gasteiger charge is 2.61. The van der Waals surface area contributed by atoms with E-state index in [1.54, 1.807) is 0 Å². The van der Waals surface area contributed by atoms with E-state index in [4.69, 9.17) is 0 Å². The fourth-order valence-electron chi connectivity index (χ4n) is 8.78. The van der Waals surface area contributed by atoms with Crippen molar-refractivity contribution in [2.45, 2.75) is 78.2 Å². The van der Waals surface area contributed by atoms with Gasteiger partial charge in [0.25, 0.3) is 0 Å². The van der Waals surface area contributed by atoms with E-state index in [0.29, 0.717) is 22.8 Å². The van der Waals surface area contributed by atoms with Crippen molar-refractivity contribution in [1.29, 1.82) is 0 Å². The summed E-state index contributed by atoms with van der Waals surface area (Å²) in [4.78, 5) is 14.6. The number of carbonyl (C=O) groups excluding carboxylic acids is 1. The molecule has 4 fully saturated rings. The summed E-state index contributed by atoms with van der Waals surface area (Å²) in [6.45, 7) is 7.68. The molecular weight excluding hydrogens is 354 g/mol. The van der Waals surface area contributed by atoms with Gasteiger partial charge in [0, 0.05) is 19.5 Å².